The topological polar surface area (TPSA) is 55.8 Å². The Morgan fingerprint density at radius 1 is 1.33 bits per heavy atom. The number of halogens is 1. The molecule has 0 aromatic heterocycles. The predicted octanol–water partition coefficient (Wildman–Crippen LogP) is 2.34. The molecular weight excluding hydrogens is 309 g/mol. The third kappa shape index (κ3) is 4.38. The number of carbonyl (C=O) groups excluding carboxylic acids is 1. The van der Waals surface area contributed by atoms with Crippen LogP contribution in [0.4, 0.5) is 14.9 Å². The number of rotatable bonds is 5. The number of urea groups is 1. The summed E-state index contributed by atoms with van der Waals surface area (Å²) < 4.78 is 14.4. The summed E-state index contributed by atoms with van der Waals surface area (Å²) >= 11 is 0. The molecule has 1 saturated heterocycles. The summed E-state index contributed by atoms with van der Waals surface area (Å²) in [5.41, 5.74) is 1.32. The van der Waals surface area contributed by atoms with E-state index in [-0.39, 0.29) is 18.0 Å². The van der Waals surface area contributed by atoms with Crippen LogP contribution in [0, 0.1) is 11.7 Å². The molecule has 132 valence electrons. The van der Waals surface area contributed by atoms with Gasteiger partial charge < -0.3 is 20.2 Å². The second kappa shape index (κ2) is 7.38. The van der Waals surface area contributed by atoms with Crippen LogP contribution < -0.4 is 10.2 Å². The highest BCUT2D eigenvalue weighted by Crippen LogP contribution is 2.29. The van der Waals surface area contributed by atoms with Crippen molar-refractivity contribution in [2.24, 2.45) is 5.92 Å². The van der Waals surface area contributed by atoms with Gasteiger partial charge in [-0.2, -0.15) is 0 Å². The average Bonchev–Trinajstić information content (AvgIpc) is 3.37. The predicted molar refractivity (Wildman–Crippen MR) is 91.4 cm³/mol. The monoisotopic (exact) mass is 335 g/mol. The SMILES string of the molecule is CN(CC1CC1)C(=O)NCc1ccc(N2CCC(O)CC2)c(F)c1. The van der Waals surface area contributed by atoms with E-state index in [4.69, 9.17) is 0 Å². The zero-order valence-corrected chi connectivity index (χ0v) is 14.2. The Morgan fingerprint density at radius 2 is 2.04 bits per heavy atom. The minimum atomic E-state index is -0.274. The van der Waals surface area contributed by atoms with Gasteiger partial charge in [-0.3, -0.25) is 0 Å². The Balaban J connectivity index is 1.53. The second-order valence-corrected chi connectivity index (χ2v) is 6.99. The first kappa shape index (κ1) is 17.0. The first-order valence-electron chi connectivity index (χ1n) is 8.73. The molecule has 2 fully saturated rings. The molecule has 2 aliphatic rings. The molecule has 24 heavy (non-hydrogen) atoms. The van der Waals surface area contributed by atoms with E-state index in [1.165, 1.54) is 18.9 Å². The van der Waals surface area contributed by atoms with Gasteiger partial charge in [0.1, 0.15) is 5.82 Å². The smallest absolute Gasteiger partial charge is 0.317 e. The van der Waals surface area contributed by atoms with Crippen LogP contribution >= 0.6 is 0 Å². The highest BCUT2D eigenvalue weighted by atomic mass is 19.1. The molecule has 0 spiro atoms. The Labute approximate surface area is 142 Å². The summed E-state index contributed by atoms with van der Waals surface area (Å²) in [7, 11) is 1.79. The molecule has 6 heteroatoms. The van der Waals surface area contributed by atoms with Crippen LogP contribution in [0.25, 0.3) is 0 Å². The second-order valence-electron chi connectivity index (χ2n) is 6.99. The molecule has 1 aromatic carbocycles. The normalized spacial score (nSPS) is 18.5. The van der Waals surface area contributed by atoms with Gasteiger partial charge in [0.25, 0.3) is 0 Å². The zero-order chi connectivity index (χ0) is 17.1. The molecule has 1 saturated carbocycles. The molecule has 5 nitrogen and oxygen atoms in total. The van der Waals surface area contributed by atoms with Crippen LogP contribution in [0.5, 0.6) is 0 Å². The van der Waals surface area contributed by atoms with E-state index in [0.29, 0.717) is 44.1 Å². The van der Waals surface area contributed by atoms with Crippen molar-refractivity contribution in [3.8, 4) is 0 Å². The summed E-state index contributed by atoms with van der Waals surface area (Å²) in [4.78, 5) is 15.7. The number of anilines is 1. The van der Waals surface area contributed by atoms with Crippen LogP contribution in [0.2, 0.25) is 0 Å². The average molecular weight is 335 g/mol. The molecule has 2 amide bonds. The van der Waals surface area contributed by atoms with Crippen molar-refractivity contribution in [1.82, 2.24) is 10.2 Å². The van der Waals surface area contributed by atoms with Crippen molar-refractivity contribution in [2.45, 2.75) is 38.3 Å². The van der Waals surface area contributed by atoms with Crippen molar-refractivity contribution >= 4 is 11.7 Å². The van der Waals surface area contributed by atoms with E-state index in [1.54, 1.807) is 18.0 Å². The number of amides is 2. The van der Waals surface area contributed by atoms with Crippen LogP contribution in [-0.2, 0) is 6.54 Å². The molecule has 2 N–H and O–H groups in total. The van der Waals surface area contributed by atoms with E-state index in [9.17, 15) is 14.3 Å². The first-order chi connectivity index (χ1) is 11.5. The number of piperidine rings is 1. The van der Waals surface area contributed by atoms with E-state index >= 15 is 0 Å². The molecule has 3 rings (SSSR count). The Hall–Kier alpha value is -1.82. The van der Waals surface area contributed by atoms with Crippen LogP contribution in [0.3, 0.4) is 0 Å². The minimum absolute atomic E-state index is 0.114. The van der Waals surface area contributed by atoms with Crippen molar-refractivity contribution in [3.05, 3.63) is 29.6 Å². The molecular formula is C18H26FN3O2. The summed E-state index contributed by atoms with van der Waals surface area (Å²) in [5, 5.41) is 12.4. The van der Waals surface area contributed by atoms with E-state index < -0.39 is 0 Å². The molecule has 0 radical (unpaired) electrons. The maximum absolute atomic E-state index is 14.4. The molecule has 1 aliphatic carbocycles. The standard InChI is InChI=1S/C18H26FN3O2/c1-21(12-13-2-3-13)18(24)20-11-14-4-5-17(16(19)10-14)22-8-6-15(23)7-9-22/h4-5,10,13,15,23H,2-3,6-9,11-12H2,1H3,(H,20,24). The largest absolute Gasteiger partial charge is 0.393 e. The number of benzene rings is 1. The maximum Gasteiger partial charge on any atom is 0.317 e. The van der Waals surface area contributed by atoms with Gasteiger partial charge in [-0.05, 0) is 49.3 Å². The lowest BCUT2D eigenvalue weighted by molar-refractivity contribution is 0.145. The quantitative estimate of drug-likeness (QED) is 0.868. The molecule has 0 unspecified atom stereocenters. The molecule has 1 aromatic rings. The van der Waals surface area contributed by atoms with Gasteiger partial charge >= 0.3 is 6.03 Å². The number of hydrogen-bond donors (Lipinski definition) is 2. The fourth-order valence-electron chi connectivity index (χ4n) is 3.11. The number of hydrogen-bond acceptors (Lipinski definition) is 3. The van der Waals surface area contributed by atoms with E-state index in [2.05, 4.69) is 5.32 Å². The number of aliphatic hydroxyl groups is 1. The Bertz CT molecular complexity index is 584. The number of nitrogens with zero attached hydrogens (tertiary/aromatic N) is 2. The molecule has 0 atom stereocenters. The van der Waals surface area contributed by atoms with E-state index in [1.807, 2.05) is 11.0 Å². The maximum atomic E-state index is 14.4. The third-order valence-corrected chi connectivity index (χ3v) is 4.84. The summed E-state index contributed by atoms with van der Waals surface area (Å²) in [5.74, 6) is 0.380. The van der Waals surface area contributed by atoms with Gasteiger partial charge in [0.2, 0.25) is 0 Å². The third-order valence-electron chi connectivity index (χ3n) is 4.84. The lowest BCUT2D eigenvalue weighted by Gasteiger charge is -2.31. The fraction of sp³-hybridized carbons (Fsp3) is 0.611. The Morgan fingerprint density at radius 3 is 2.67 bits per heavy atom. The van der Waals surface area contributed by atoms with Gasteiger partial charge in [0, 0.05) is 33.2 Å². The van der Waals surface area contributed by atoms with Crippen LogP contribution in [-0.4, -0.2) is 48.8 Å². The minimum Gasteiger partial charge on any atom is -0.393 e. The van der Waals surface area contributed by atoms with Crippen molar-refractivity contribution in [3.63, 3.8) is 0 Å². The number of aliphatic hydroxyl groups excluding tert-OH is 1. The lowest BCUT2D eigenvalue weighted by Crippen LogP contribution is -2.38. The van der Waals surface area contributed by atoms with Gasteiger partial charge in [-0.15, -0.1) is 0 Å². The van der Waals surface area contributed by atoms with Crippen molar-refractivity contribution < 1.29 is 14.3 Å². The summed E-state index contributed by atoms with van der Waals surface area (Å²) in [6.07, 6.45) is 3.48. The number of carbonyl (C=O) groups is 1. The summed E-state index contributed by atoms with van der Waals surface area (Å²) in [6, 6.07) is 4.99. The number of nitrogens with one attached hydrogen (secondary N) is 1. The lowest BCUT2D eigenvalue weighted by atomic mass is 10.1. The first-order valence-corrected chi connectivity index (χ1v) is 8.73. The summed E-state index contributed by atoms with van der Waals surface area (Å²) in [6.45, 7) is 2.45. The fourth-order valence-corrected chi connectivity index (χ4v) is 3.11. The Kier molecular flexibility index (Phi) is 5.23. The van der Waals surface area contributed by atoms with Crippen molar-refractivity contribution in [2.75, 3.05) is 31.6 Å². The van der Waals surface area contributed by atoms with Gasteiger partial charge in [0.15, 0.2) is 0 Å². The molecule has 1 aliphatic heterocycles. The van der Waals surface area contributed by atoms with Gasteiger partial charge in [-0.25, -0.2) is 9.18 Å². The van der Waals surface area contributed by atoms with Crippen LogP contribution in [0.15, 0.2) is 18.2 Å². The van der Waals surface area contributed by atoms with E-state index in [0.717, 1.165) is 12.1 Å². The molecule has 1 heterocycles. The van der Waals surface area contributed by atoms with Gasteiger partial charge in [-0.1, -0.05) is 6.07 Å². The van der Waals surface area contributed by atoms with Gasteiger partial charge in [0.05, 0.1) is 11.8 Å². The highest BCUT2D eigenvalue weighted by Gasteiger charge is 2.24. The van der Waals surface area contributed by atoms with Crippen molar-refractivity contribution in [1.29, 1.82) is 0 Å². The zero-order valence-electron chi connectivity index (χ0n) is 14.2. The molecule has 0 bridgehead atoms. The highest BCUT2D eigenvalue weighted by molar-refractivity contribution is 5.73. The van der Waals surface area contributed by atoms with Crippen LogP contribution in [0.1, 0.15) is 31.2 Å².